The van der Waals surface area contributed by atoms with Gasteiger partial charge in [0.25, 0.3) is 0 Å². The predicted octanol–water partition coefficient (Wildman–Crippen LogP) is 0.697. The molecule has 1 aromatic carbocycles. The molecule has 0 amide bonds. The molecule has 5 heteroatoms. The van der Waals surface area contributed by atoms with E-state index in [1.54, 1.807) is 0 Å². The van der Waals surface area contributed by atoms with Crippen molar-refractivity contribution in [3.8, 4) is 5.75 Å². The Morgan fingerprint density at radius 3 is 2.46 bits per heavy atom. The summed E-state index contributed by atoms with van der Waals surface area (Å²) in [6, 6.07) is 8.12. The first-order valence-electron chi connectivity index (χ1n) is 9.03. The molecular weight excluding hydrogens is 306 g/mol. The summed E-state index contributed by atoms with van der Waals surface area (Å²) in [6.45, 7) is 10.2. The normalized spacial score (nSPS) is 25.4. The fraction of sp³-hybridized carbons (Fsp3) is 0.684. The Morgan fingerprint density at radius 2 is 1.83 bits per heavy atom. The van der Waals surface area contributed by atoms with E-state index in [4.69, 9.17) is 14.2 Å². The topological polar surface area (TPSA) is 52.4 Å². The number of benzene rings is 1. The van der Waals surface area contributed by atoms with Crippen LogP contribution in [0.3, 0.4) is 0 Å². The molecule has 1 aliphatic heterocycles. The van der Waals surface area contributed by atoms with Crippen LogP contribution in [0, 0.1) is 0 Å². The van der Waals surface area contributed by atoms with Crippen LogP contribution in [0.15, 0.2) is 24.3 Å². The Kier molecular flexibility index (Phi) is 7.99. The molecule has 4 atom stereocenters. The first-order chi connectivity index (χ1) is 11.6. The number of morpholine rings is 1. The van der Waals surface area contributed by atoms with Crippen LogP contribution < -0.4 is 9.64 Å². The summed E-state index contributed by atoms with van der Waals surface area (Å²) in [6.07, 6.45) is 1.10. The molecule has 1 aromatic rings. The van der Waals surface area contributed by atoms with Gasteiger partial charge in [0.2, 0.25) is 0 Å². The van der Waals surface area contributed by atoms with Gasteiger partial charge in [0, 0.05) is 0 Å². The smallest absolute Gasteiger partial charge is 0.126 e. The second kappa shape index (κ2) is 9.99. The Hall–Kier alpha value is -1.14. The summed E-state index contributed by atoms with van der Waals surface area (Å²) in [5, 5.41) is 10.1. The minimum absolute atomic E-state index is 0.254. The molecular formula is C19H32NO4+. The average Bonchev–Trinajstić information content (AvgIpc) is 2.54. The molecule has 0 aliphatic carbocycles. The standard InChI is InChI=1S/C19H31NO4/c1-4-17-5-7-19(8-6-17)23-10-9-22-14-18(21)13-20-11-15(2)24-16(3)12-20/h5-8,15-16,18,21H,4,9-14H2,1-3H3/p+1/t15-,16+,18-/m1/s1. The van der Waals surface area contributed by atoms with Crippen molar-refractivity contribution >= 4 is 0 Å². The summed E-state index contributed by atoms with van der Waals surface area (Å²) in [5.74, 6) is 0.858. The zero-order valence-electron chi connectivity index (χ0n) is 15.2. The Morgan fingerprint density at radius 1 is 1.17 bits per heavy atom. The maximum Gasteiger partial charge on any atom is 0.126 e. The van der Waals surface area contributed by atoms with Crippen LogP contribution in [-0.2, 0) is 15.9 Å². The number of aliphatic hydroxyl groups excluding tert-OH is 1. The van der Waals surface area contributed by atoms with Gasteiger partial charge in [-0.15, -0.1) is 0 Å². The van der Waals surface area contributed by atoms with Gasteiger partial charge in [-0.05, 0) is 38.0 Å². The van der Waals surface area contributed by atoms with E-state index in [0.717, 1.165) is 25.3 Å². The molecule has 0 spiro atoms. The average molecular weight is 338 g/mol. The largest absolute Gasteiger partial charge is 0.491 e. The Labute approximate surface area is 145 Å². The van der Waals surface area contributed by atoms with Gasteiger partial charge in [-0.2, -0.15) is 0 Å². The molecule has 2 rings (SSSR count). The number of hydrogen-bond donors (Lipinski definition) is 2. The van der Waals surface area contributed by atoms with Gasteiger partial charge < -0.3 is 24.2 Å². The fourth-order valence-corrected chi connectivity index (χ4v) is 3.21. The van der Waals surface area contributed by atoms with Gasteiger partial charge in [-0.25, -0.2) is 0 Å². The molecule has 1 heterocycles. The first kappa shape index (κ1) is 19.2. The summed E-state index contributed by atoms with van der Waals surface area (Å²) < 4.78 is 16.9. The monoisotopic (exact) mass is 338 g/mol. The third kappa shape index (κ3) is 6.77. The highest BCUT2D eigenvalue weighted by molar-refractivity contribution is 5.27. The number of rotatable bonds is 9. The van der Waals surface area contributed by atoms with E-state index >= 15 is 0 Å². The number of nitrogens with one attached hydrogen (secondary N) is 1. The van der Waals surface area contributed by atoms with Crippen molar-refractivity contribution in [2.45, 2.75) is 45.5 Å². The van der Waals surface area contributed by atoms with Crippen molar-refractivity contribution in [1.82, 2.24) is 0 Å². The van der Waals surface area contributed by atoms with Crippen LogP contribution in [0.5, 0.6) is 5.75 Å². The van der Waals surface area contributed by atoms with Crippen LogP contribution >= 0.6 is 0 Å². The third-order valence-electron chi connectivity index (χ3n) is 4.28. The number of aryl methyl sites for hydroxylation is 1. The molecule has 136 valence electrons. The van der Waals surface area contributed by atoms with Crippen molar-refractivity contribution in [1.29, 1.82) is 0 Å². The molecule has 0 bridgehead atoms. The second-order valence-electron chi connectivity index (χ2n) is 6.69. The number of hydrogen-bond acceptors (Lipinski definition) is 4. The molecule has 0 aromatic heterocycles. The van der Waals surface area contributed by atoms with Crippen LogP contribution in [0.4, 0.5) is 0 Å². The maximum absolute atomic E-state index is 10.1. The van der Waals surface area contributed by atoms with E-state index in [2.05, 4.69) is 32.9 Å². The van der Waals surface area contributed by atoms with Crippen LogP contribution in [0.25, 0.3) is 0 Å². The summed E-state index contributed by atoms with van der Waals surface area (Å²) in [5.41, 5.74) is 1.30. The lowest BCUT2D eigenvalue weighted by Crippen LogP contribution is -3.16. The van der Waals surface area contributed by atoms with Gasteiger partial charge in [-0.3, -0.25) is 0 Å². The van der Waals surface area contributed by atoms with Crippen molar-refractivity contribution in [2.24, 2.45) is 0 Å². The van der Waals surface area contributed by atoms with Gasteiger partial charge >= 0.3 is 0 Å². The Balaban J connectivity index is 1.56. The number of aliphatic hydroxyl groups is 1. The van der Waals surface area contributed by atoms with E-state index in [1.165, 1.54) is 10.5 Å². The second-order valence-corrected chi connectivity index (χ2v) is 6.69. The number of ether oxygens (including phenoxy) is 3. The van der Waals surface area contributed by atoms with E-state index in [1.807, 2.05) is 12.1 Å². The molecule has 0 saturated carbocycles. The highest BCUT2D eigenvalue weighted by Crippen LogP contribution is 2.12. The lowest BCUT2D eigenvalue weighted by Gasteiger charge is -2.33. The van der Waals surface area contributed by atoms with Crippen molar-refractivity contribution in [3.05, 3.63) is 29.8 Å². The van der Waals surface area contributed by atoms with Gasteiger partial charge in [0.05, 0.1) is 13.2 Å². The molecule has 0 radical (unpaired) electrons. The fourth-order valence-electron chi connectivity index (χ4n) is 3.21. The highest BCUT2D eigenvalue weighted by atomic mass is 16.5. The van der Waals surface area contributed by atoms with Crippen LogP contribution in [0.2, 0.25) is 0 Å². The summed E-state index contributed by atoms with van der Waals surface area (Å²) >= 11 is 0. The minimum atomic E-state index is -0.443. The van der Waals surface area contributed by atoms with Crippen LogP contribution in [0.1, 0.15) is 26.3 Å². The lowest BCUT2D eigenvalue weighted by atomic mass is 10.2. The minimum Gasteiger partial charge on any atom is -0.491 e. The maximum atomic E-state index is 10.1. The molecule has 24 heavy (non-hydrogen) atoms. The third-order valence-corrected chi connectivity index (χ3v) is 4.28. The van der Waals surface area contributed by atoms with Crippen molar-refractivity contribution in [3.63, 3.8) is 0 Å². The quantitative estimate of drug-likeness (QED) is 0.651. The SMILES string of the molecule is CCc1ccc(OCCOC[C@H](O)C[NH+]2C[C@@H](C)O[C@@H](C)C2)cc1. The zero-order chi connectivity index (χ0) is 17.4. The predicted molar refractivity (Wildman–Crippen MR) is 93.7 cm³/mol. The van der Waals surface area contributed by atoms with E-state index in [0.29, 0.717) is 26.4 Å². The Bertz CT molecular complexity index is 455. The highest BCUT2D eigenvalue weighted by Gasteiger charge is 2.27. The molecule has 1 saturated heterocycles. The molecule has 1 aliphatic rings. The molecule has 1 unspecified atom stereocenters. The lowest BCUT2D eigenvalue weighted by molar-refractivity contribution is -0.918. The summed E-state index contributed by atoms with van der Waals surface area (Å²) in [7, 11) is 0. The van der Waals surface area contributed by atoms with E-state index in [-0.39, 0.29) is 12.2 Å². The van der Waals surface area contributed by atoms with Gasteiger partial charge in [-0.1, -0.05) is 19.1 Å². The number of quaternary nitrogens is 1. The molecule has 2 N–H and O–H groups in total. The van der Waals surface area contributed by atoms with E-state index in [9.17, 15) is 5.11 Å². The van der Waals surface area contributed by atoms with E-state index < -0.39 is 6.10 Å². The summed E-state index contributed by atoms with van der Waals surface area (Å²) in [4.78, 5) is 1.38. The van der Waals surface area contributed by atoms with Gasteiger partial charge in [0.15, 0.2) is 0 Å². The van der Waals surface area contributed by atoms with Crippen molar-refractivity contribution < 1.29 is 24.2 Å². The zero-order valence-corrected chi connectivity index (χ0v) is 15.2. The first-order valence-corrected chi connectivity index (χ1v) is 9.03. The molecule has 1 fully saturated rings. The molecule has 5 nitrogen and oxygen atoms in total. The van der Waals surface area contributed by atoms with Gasteiger partial charge in [0.1, 0.15) is 50.3 Å². The van der Waals surface area contributed by atoms with Crippen molar-refractivity contribution in [2.75, 3.05) is 39.5 Å². The van der Waals surface area contributed by atoms with Crippen LogP contribution in [-0.4, -0.2) is 62.9 Å².